The molecule has 0 unspecified atom stereocenters. The molecule has 29 heavy (non-hydrogen) atoms. The number of anilines is 2. The minimum absolute atomic E-state index is 0.0870. The Labute approximate surface area is 168 Å². The number of rotatable bonds is 5. The van der Waals surface area contributed by atoms with Gasteiger partial charge in [0, 0.05) is 11.8 Å². The van der Waals surface area contributed by atoms with Crippen LogP contribution in [0.15, 0.2) is 68.2 Å². The second-order valence-electron chi connectivity index (χ2n) is 7.32. The number of hydrogen-bond acceptors (Lipinski definition) is 5. The molecular formula is C24H23NO4. The van der Waals surface area contributed by atoms with E-state index in [9.17, 15) is 4.79 Å². The molecule has 0 atom stereocenters. The molecule has 2 aromatic carbocycles. The van der Waals surface area contributed by atoms with E-state index in [1.807, 2.05) is 69.3 Å². The van der Waals surface area contributed by atoms with Gasteiger partial charge in [0.1, 0.15) is 22.5 Å². The molecule has 0 amide bonds. The summed E-state index contributed by atoms with van der Waals surface area (Å²) in [5.41, 5.74) is 3.57. The van der Waals surface area contributed by atoms with E-state index in [1.54, 1.807) is 13.0 Å². The lowest BCUT2D eigenvalue weighted by Gasteiger charge is -2.11. The number of ether oxygens (including phenoxy) is 1. The quantitative estimate of drug-likeness (QED) is 0.440. The van der Waals surface area contributed by atoms with E-state index >= 15 is 0 Å². The predicted octanol–water partition coefficient (Wildman–Crippen LogP) is 6.20. The highest BCUT2D eigenvalue weighted by molar-refractivity contribution is 6.00. The van der Waals surface area contributed by atoms with Gasteiger partial charge >= 0.3 is 5.63 Å². The Kier molecular flexibility index (Phi) is 4.89. The van der Waals surface area contributed by atoms with E-state index in [1.165, 1.54) is 0 Å². The van der Waals surface area contributed by atoms with Crippen LogP contribution in [0.1, 0.15) is 25.2 Å². The van der Waals surface area contributed by atoms with E-state index in [0.29, 0.717) is 28.2 Å². The number of hydrogen-bond donors (Lipinski definition) is 1. The van der Waals surface area contributed by atoms with E-state index in [0.717, 1.165) is 22.6 Å². The highest BCUT2D eigenvalue weighted by atomic mass is 16.5. The van der Waals surface area contributed by atoms with Crippen molar-refractivity contribution in [2.75, 3.05) is 5.32 Å². The van der Waals surface area contributed by atoms with Gasteiger partial charge in [0.2, 0.25) is 5.88 Å². The first-order valence-corrected chi connectivity index (χ1v) is 9.59. The average Bonchev–Trinajstić information content (AvgIpc) is 3.02. The molecule has 0 aliphatic heterocycles. The van der Waals surface area contributed by atoms with Crippen molar-refractivity contribution >= 4 is 22.5 Å². The molecule has 0 saturated heterocycles. The summed E-state index contributed by atoms with van der Waals surface area (Å²) in [7, 11) is 0. The summed E-state index contributed by atoms with van der Waals surface area (Å²) in [6.45, 7) is 7.71. The fraction of sp³-hybridized carbons (Fsp3) is 0.208. The van der Waals surface area contributed by atoms with Crippen LogP contribution >= 0.6 is 0 Å². The normalized spacial score (nSPS) is 11.2. The van der Waals surface area contributed by atoms with Gasteiger partial charge in [0.05, 0.1) is 11.7 Å². The molecule has 4 rings (SSSR count). The molecule has 5 heteroatoms. The van der Waals surface area contributed by atoms with Crippen molar-refractivity contribution in [2.24, 2.45) is 0 Å². The van der Waals surface area contributed by atoms with Gasteiger partial charge in [-0.1, -0.05) is 30.3 Å². The molecule has 1 N–H and O–H groups in total. The third-order valence-electron chi connectivity index (χ3n) is 4.64. The SMILES string of the molecule is Cc1cc2oc(Nc3ccccc3C)c(-c3ccc(OC(C)C)cc3)c2c(=O)o1. The first-order chi connectivity index (χ1) is 13.9. The van der Waals surface area contributed by atoms with E-state index < -0.39 is 5.63 Å². The zero-order chi connectivity index (χ0) is 20.5. The van der Waals surface area contributed by atoms with Gasteiger partial charge in [-0.3, -0.25) is 0 Å². The maximum atomic E-state index is 12.7. The summed E-state index contributed by atoms with van der Waals surface area (Å²) in [6, 6.07) is 17.3. The minimum atomic E-state index is -0.418. The molecule has 2 aromatic heterocycles. The lowest BCUT2D eigenvalue weighted by molar-refractivity contribution is 0.242. The largest absolute Gasteiger partial charge is 0.491 e. The summed E-state index contributed by atoms with van der Waals surface area (Å²) in [5.74, 6) is 1.78. The van der Waals surface area contributed by atoms with E-state index in [-0.39, 0.29) is 6.10 Å². The number of nitrogens with one attached hydrogen (secondary N) is 1. The summed E-state index contributed by atoms with van der Waals surface area (Å²) in [6.07, 6.45) is 0.0870. The predicted molar refractivity (Wildman–Crippen MR) is 115 cm³/mol. The van der Waals surface area contributed by atoms with E-state index in [4.69, 9.17) is 13.6 Å². The Balaban J connectivity index is 1.88. The van der Waals surface area contributed by atoms with Crippen LogP contribution in [0.4, 0.5) is 11.6 Å². The van der Waals surface area contributed by atoms with Crippen LogP contribution in [-0.4, -0.2) is 6.10 Å². The maximum Gasteiger partial charge on any atom is 0.347 e. The molecule has 0 aliphatic carbocycles. The molecule has 0 saturated carbocycles. The first kappa shape index (κ1) is 18.9. The number of fused-ring (bicyclic) bond motifs is 1. The molecule has 148 valence electrons. The number of aryl methyl sites for hydroxylation is 2. The highest BCUT2D eigenvalue weighted by Gasteiger charge is 2.21. The number of benzene rings is 2. The lowest BCUT2D eigenvalue weighted by atomic mass is 10.0. The fourth-order valence-corrected chi connectivity index (χ4v) is 3.34. The maximum absolute atomic E-state index is 12.7. The van der Waals surface area contributed by atoms with Gasteiger partial charge in [0.25, 0.3) is 0 Å². The zero-order valence-corrected chi connectivity index (χ0v) is 16.9. The molecule has 2 heterocycles. The van der Waals surface area contributed by atoms with Crippen molar-refractivity contribution in [1.29, 1.82) is 0 Å². The second kappa shape index (κ2) is 7.51. The van der Waals surface area contributed by atoms with Gasteiger partial charge in [-0.2, -0.15) is 0 Å². The third-order valence-corrected chi connectivity index (χ3v) is 4.64. The van der Waals surface area contributed by atoms with Crippen LogP contribution in [0.3, 0.4) is 0 Å². The Morgan fingerprint density at radius 2 is 1.69 bits per heavy atom. The summed E-state index contributed by atoms with van der Waals surface area (Å²) >= 11 is 0. The van der Waals surface area contributed by atoms with Crippen LogP contribution in [0.2, 0.25) is 0 Å². The average molecular weight is 389 g/mol. The Bertz CT molecular complexity index is 1220. The van der Waals surface area contributed by atoms with Gasteiger partial charge in [0.15, 0.2) is 0 Å². The summed E-state index contributed by atoms with van der Waals surface area (Å²) in [4.78, 5) is 12.7. The Morgan fingerprint density at radius 3 is 2.38 bits per heavy atom. The molecule has 5 nitrogen and oxygen atoms in total. The molecule has 0 radical (unpaired) electrons. The van der Waals surface area contributed by atoms with Crippen LogP contribution in [0, 0.1) is 13.8 Å². The Morgan fingerprint density at radius 1 is 0.966 bits per heavy atom. The van der Waals surface area contributed by atoms with Gasteiger partial charge < -0.3 is 18.9 Å². The van der Waals surface area contributed by atoms with Crippen LogP contribution in [0.5, 0.6) is 5.75 Å². The van der Waals surface area contributed by atoms with Crippen molar-refractivity contribution < 1.29 is 13.6 Å². The first-order valence-electron chi connectivity index (χ1n) is 9.59. The van der Waals surface area contributed by atoms with Crippen LogP contribution in [0.25, 0.3) is 22.1 Å². The summed E-state index contributed by atoms with van der Waals surface area (Å²) in [5, 5.41) is 3.76. The lowest BCUT2D eigenvalue weighted by Crippen LogP contribution is -2.05. The van der Waals surface area contributed by atoms with Crippen molar-refractivity contribution in [3.8, 4) is 16.9 Å². The molecule has 0 spiro atoms. The Hall–Kier alpha value is -3.47. The minimum Gasteiger partial charge on any atom is -0.491 e. The molecule has 0 aliphatic rings. The van der Waals surface area contributed by atoms with Gasteiger partial charge in [-0.25, -0.2) is 4.79 Å². The monoisotopic (exact) mass is 389 g/mol. The molecule has 4 aromatic rings. The molecule has 0 bridgehead atoms. The van der Waals surface area contributed by atoms with Gasteiger partial charge in [-0.15, -0.1) is 0 Å². The van der Waals surface area contributed by atoms with Crippen molar-refractivity contribution in [1.82, 2.24) is 0 Å². The number of furan rings is 1. The van der Waals surface area contributed by atoms with Crippen molar-refractivity contribution in [2.45, 2.75) is 33.8 Å². The van der Waals surface area contributed by atoms with Gasteiger partial charge in [-0.05, 0) is 57.0 Å². The van der Waals surface area contributed by atoms with Crippen LogP contribution in [-0.2, 0) is 0 Å². The smallest absolute Gasteiger partial charge is 0.347 e. The fourth-order valence-electron chi connectivity index (χ4n) is 3.34. The molecular weight excluding hydrogens is 366 g/mol. The van der Waals surface area contributed by atoms with Crippen molar-refractivity contribution in [3.05, 3.63) is 76.3 Å². The van der Waals surface area contributed by atoms with Crippen LogP contribution < -0.4 is 15.7 Å². The number of para-hydroxylation sites is 1. The second-order valence-corrected chi connectivity index (χ2v) is 7.32. The highest BCUT2D eigenvalue weighted by Crippen LogP contribution is 2.39. The topological polar surface area (TPSA) is 64.6 Å². The zero-order valence-electron chi connectivity index (χ0n) is 16.9. The molecule has 0 fully saturated rings. The standard InChI is InChI=1S/C24H23NO4/c1-14(2)27-18-11-9-17(10-12-18)21-22-20(13-16(4)28-24(22)26)29-23(21)25-19-8-6-5-7-15(19)3/h5-14,25H,1-4H3. The summed E-state index contributed by atoms with van der Waals surface area (Å²) < 4.78 is 17.2. The third kappa shape index (κ3) is 3.76. The van der Waals surface area contributed by atoms with Crippen molar-refractivity contribution in [3.63, 3.8) is 0 Å². The van der Waals surface area contributed by atoms with E-state index in [2.05, 4.69) is 5.32 Å².